The predicted octanol–water partition coefficient (Wildman–Crippen LogP) is 3.79. The lowest BCUT2D eigenvalue weighted by Crippen LogP contribution is -2.17. The average Bonchev–Trinajstić information content (AvgIpc) is 3.01. The molecule has 6 nitrogen and oxygen atoms in total. The van der Waals surface area contributed by atoms with Crippen LogP contribution in [-0.2, 0) is 6.18 Å². The molecule has 27 heavy (non-hydrogen) atoms. The molecule has 1 aliphatic rings. The van der Waals surface area contributed by atoms with E-state index in [1.807, 2.05) is 6.07 Å². The van der Waals surface area contributed by atoms with Crippen LogP contribution in [0.4, 0.5) is 18.9 Å². The van der Waals surface area contributed by atoms with Gasteiger partial charge in [-0.3, -0.25) is 0 Å². The molecule has 2 aromatic carbocycles. The van der Waals surface area contributed by atoms with Crippen LogP contribution in [0.25, 0.3) is 11.0 Å². The predicted molar refractivity (Wildman–Crippen MR) is 100 cm³/mol. The Balaban J connectivity index is 1.54. The number of imidazole rings is 1. The first-order chi connectivity index (χ1) is 12.9. The van der Waals surface area contributed by atoms with Crippen molar-refractivity contribution in [1.82, 2.24) is 9.97 Å². The Labute approximate surface area is 154 Å². The number of anilines is 1. The quantitative estimate of drug-likeness (QED) is 0.621. The highest BCUT2D eigenvalue weighted by Gasteiger charge is 2.30. The first-order valence-electron chi connectivity index (χ1n) is 7.82. The van der Waals surface area contributed by atoms with Crippen LogP contribution < -0.4 is 11.0 Å². The number of nitrogens with zero attached hydrogens (tertiary/aromatic N) is 2. The van der Waals surface area contributed by atoms with Gasteiger partial charge in [0.1, 0.15) is 0 Å². The van der Waals surface area contributed by atoms with Gasteiger partial charge in [-0.15, -0.1) is 5.10 Å². The van der Waals surface area contributed by atoms with Gasteiger partial charge in [0.15, 0.2) is 5.17 Å². The maximum Gasteiger partial charge on any atom is 0.416 e. The number of halogens is 3. The van der Waals surface area contributed by atoms with Crippen LogP contribution in [0.1, 0.15) is 11.1 Å². The highest BCUT2D eigenvalue weighted by Crippen LogP contribution is 2.31. The Morgan fingerprint density at radius 2 is 1.85 bits per heavy atom. The van der Waals surface area contributed by atoms with E-state index >= 15 is 0 Å². The van der Waals surface area contributed by atoms with Crippen molar-refractivity contribution in [3.8, 4) is 0 Å². The first kappa shape index (κ1) is 17.4. The summed E-state index contributed by atoms with van der Waals surface area (Å²) in [5.41, 5.74) is 2.16. The van der Waals surface area contributed by atoms with Crippen LogP contribution >= 0.6 is 11.8 Å². The highest BCUT2D eigenvalue weighted by molar-refractivity contribution is 8.14. The molecular weight excluding hydrogens is 379 g/mol. The van der Waals surface area contributed by atoms with Crippen molar-refractivity contribution in [1.29, 1.82) is 0 Å². The molecule has 0 saturated carbocycles. The van der Waals surface area contributed by atoms with E-state index in [1.165, 1.54) is 23.9 Å². The Bertz CT molecular complexity index is 1130. The molecule has 3 aromatic rings. The molecule has 0 bridgehead atoms. The van der Waals surface area contributed by atoms with Crippen LogP contribution in [0.5, 0.6) is 0 Å². The smallest absolute Gasteiger partial charge is 0.333 e. The van der Waals surface area contributed by atoms with Crippen molar-refractivity contribution in [3.63, 3.8) is 0 Å². The van der Waals surface area contributed by atoms with Gasteiger partial charge in [0, 0.05) is 17.0 Å². The fraction of sp³-hybridized carbons (Fsp3) is 0.118. The minimum absolute atomic E-state index is 0.285. The molecule has 0 saturated heterocycles. The number of rotatable bonds is 2. The SMILES string of the molecule is O=c1[nH]c2ccc(C3=NN=C(Nc4cccc(C(F)(F)F)c4)SC3)cc2[nH]1. The van der Waals surface area contributed by atoms with Gasteiger partial charge in [0.05, 0.1) is 22.3 Å². The number of H-pyrrole nitrogens is 2. The lowest BCUT2D eigenvalue weighted by Gasteiger charge is -2.14. The summed E-state index contributed by atoms with van der Waals surface area (Å²) in [5.74, 6) is 0.491. The Hall–Kier alpha value is -3.01. The highest BCUT2D eigenvalue weighted by atomic mass is 32.2. The number of fused-ring (bicyclic) bond motifs is 1. The van der Waals surface area contributed by atoms with Gasteiger partial charge >= 0.3 is 11.9 Å². The van der Waals surface area contributed by atoms with E-state index < -0.39 is 11.7 Å². The standard InChI is InChI=1S/C17H12F3N5OS/c18-17(19,20)10-2-1-3-11(7-10)21-16-25-24-14(8-27-16)9-4-5-12-13(6-9)23-15(26)22-12/h1-7H,8H2,(H,21,25)(H2,22,23,26). The van der Waals surface area contributed by atoms with Gasteiger partial charge in [0.2, 0.25) is 0 Å². The molecular formula is C17H12F3N5OS. The van der Waals surface area contributed by atoms with Crippen molar-refractivity contribution >= 4 is 39.4 Å². The number of alkyl halides is 3. The van der Waals surface area contributed by atoms with Crippen LogP contribution in [0, 0.1) is 0 Å². The zero-order valence-electron chi connectivity index (χ0n) is 13.6. The molecule has 0 spiro atoms. The number of aromatic amines is 2. The Kier molecular flexibility index (Phi) is 4.27. The number of nitrogens with one attached hydrogen (secondary N) is 3. The summed E-state index contributed by atoms with van der Waals surface area (Å²) in [5, 5.41) is 11.5. The van der Waals surface area contributed by atoms with Gasteiger partial charge in [-0.05, 0) is 30.3 Å². The third-order valence-electron chi connectivity index (χ3n) is 3.90. The van der Waals surface area contributed by atoms with Gasteiger partial charge in [-0.25, -0.2) is 4.79 Å². The van der Waals surface area contributed by atoms with Crippen LogP contribution in [0.3, 0.4) is 0 Å². The van der Waals surface area contributed by atoms with Crippen molar-refractivity contribution in [2.24, 2.45) is 10.2 Å². The number of benzene rings is 2. The van der Waals surface area contributed by atoms with Gasteiger partial charge < -0.3 is 15.3 Å². The maximum atomic E-state index is 12.8. The average molecular weight is 391 g/mol. The fourth-order valence-electron chi connectivity index (χ4n) is 2.61. The van der Waals surface area contributed by atoms with Crippen LogP contribution in [-0.4, -0.2) is 26.6 Å². The van der Waals surface area contributed by atoms with Crippen molar-refractivity contribution < 1.29 is 13.2 Å². The summed E-state index contributed by atoms with van der Waals surface area (Å²) in [7, 11) is 0. The van der Waals surface area contributed by atoms with Gasteiger partial charge in [-0.1, -0.05) is 23.9 Å². The second-order valence-electron chi connectivity index (χ2n) is 5.78. The second kappa shape index (κ2) is 6.62. The van der Waals surface area contributed by atoms with Crippen molar-refractivity contribution in [2.45, 2.75) is 6.18 Å². The molecule has 1 aliphatic heterocycles. The molecule has 0 fully saturated rings. The summed E-state index contributed by atoms with van der Waals surface area (Å²) < 4.78 is 38.4. The molecule has 0 radical (unpaired) electrons. The zero-order chi connectivity index (χ0) is 19.0. The summed E-state index contributed by atoms with van der Waals surface area (Å²) in [6.07, 6.45) is -4.40. The van der Waals surface area contributed by atoms with E-state index in [-0.39, 0.29) is 5.69 Å². The third-order valence-corrected chi connectivity index (χ3v) is 4.77. The zero-order valence-corrected chi connectivity index (χ0v) is 14.4. The summed E-state index contributed by atoms with van der Waals surface area (Å²) in [6.45, 7) is 0. The number of hydrogen-bond donors (Lipinski definition) is 3. The fourth-order valence-corrected chi connectivity index (χ4v) is 3.40. The monoisotopic (exact) mass is 391 g/mol. The first-order valence-corrected chi connectivity index (χ1v) is 8.81. The summed E-state index contributed by atoms with van der Waals surface area (Å²) >= 11 is 1.33. The van der Waals surface area contributed by atoms with Crippen molar-refractivity contribution in [2.75, 3.05) is 11.1 Å². The lowest BCUT2D eigenvalue weighted by atomic mass is 10.1. The van der Waals surface area contributed by atoms with E-state index in [0.717, 1.165) is 17.7 Å². The molecule has 0 aliphatic carbocycles. The number of hydrogen-bond acceptors (Lipinski definition) is 5. The number of aromatic nitrogens is 2. The molecule has 4 rings (SSSR count). The van der Waals surface area contributed by atoms with Crippen LogP contribution in [0.2, 0.25) is 0 Å². The second-order valence-corrected chi connectivity index (χ2v) is 6.75. The number of amidine groups is 1. The normalized spacial score (nSPS) is 14.8. The molecule has 138 valence electrons. The van der Waals surface area contributed by atoms with Gasteiger partial charge in [-0.2, -0.15) is 18.3 Å². The number of thioether (sulfide) groups is 1. The van der Waals surface area contributed by atoms with Crippen LogP contribution in [0.15, 0.2) is 57.5 Å². The van der Waals surface area contributed by atoms with E-state index in [4.69, 9.17) is 0 Å². The topological polar surface area (TPSA) is 85.4 Å². The molecule has 2 heterocycles. The largest absolute Gasteiger partial charge is 0.416 e. The summed E-state index contributed by atoms with van der Waals surface area (Å²) in [4.78, 5) is 16.7. The molecule has 0 amide bonds. The third kappa shape index (κ3) is 3.75. The molecule has 0 atom stereocenters. The van der Waals surface area contributed by atoms with E-state index in [1.54, 1.807) is 12.1 Å². The molecule has 0 unspecified atom stereocenters. The van der Waals surface area contributed by atoms with Crippen molar-refractivity contribution in [3.05, 3.63) is 64.1 Å². The van der Waals surface area contributed by atoms with Gasteiger partial charge in [0.25, 0.3) is 0 Å². The Morgan fingerprint density at radius 3 is 2.59 bits per heavy atom. The molecule has 1 aromatic heterocycles. The minimum atomic E-state index is -4.40. The minimum Gasteiger partial charge on any atom is -0.333 e. The lowest BCUT2D eigenvalue weighted by molar-refractivity contribution is -0.137. The van der Waals surface area contributed by atoms with E-state index in [0.29, 0.717) is 33.4 Å². The summed E-state index contributed by atoms with van der Waals surface area (Å²) in [6, 6.07) is 10.3. The molecule has 10 heteroatoms. The Morgan fingerprint density at radius 1 is 1.04 bits per heavy atom. The molecule has 3 N–H and O–H groups in total. The van der Waals surface area contributed by atoms with E-state index in [9.17, 15) is 18.0 Å². The van der Waals surface area contributed by atoms with E-state index in [2.05, 4.69) is 25.5 Å². The maximum absolute atomic E-state index is 12.8.